The van der Waals surface area contributed by atoms with Crippen LogP contribution in [0.3, 0.4) is 0 Å². The van der Waals surface area contributed by atoms with Crippen molar-refractivity contribution in [1.29, 1.82) is 0 Å². The van der Waals surface area contributed by atoms with Gasteiger partial charge in [-0.25, -0.2) is 9.97 Å². The van der Waals surface area contributed by atoms with E-state index in [1.165, 1.54) is 0 Å². The van der Waals surface area contributed by atoms with Crippen LogP contribution in [0.1, 0.15) is 10.6 Å². The van der Waals surface area contributed by atoms with Crippen molar-refractivity contribution in [3.8, 4) is 0 Å². The Balaban J connectivity index is 2.25. The van der Waals surface area contributed by atoms with Crippen molar-refractivity contribution in [3.05, 3.63) is 17.0 Å². The van der Waals surface area contributed by atoms with Crippen LogP contribution in [0.2, 0.25) is 5.15 Å². The van der Waals surface area contributed by atoms with Gasteiger partial charge < -0.3 is 9.64 Å². The molecule has 0 unspecified atom stereocenters. The molecule has 1 fully saturated rings. The number of carbonyl (C=O) groups is 1. The third kappa shape index (κ3) is 2.43. The average molecular weight is 228 g/mol. The van der Waals surface area contributed by atoms with Gasteiger partial charge in [0.15, 0.2) is 12.1 Å². The van der Waals surface area contributed by atoms with E-state index < -0.39 is 0 Å². The number of halogens is 1. The number of morpholine rings is 1. The summed E-state index contributed by atoms with van der Waals surface area (Å²) in [6, 6.07) is 1.65. The Hall–Kier alpha value is -1.20. The van der Waals surface area contributed by atoms with Crippen LogP contribution < -0.4 is 4.90 Å². The molecule has 1 aromatic heterocycles. The summed E-state index contributed by atoms with van der Waals surface area (Å²) in [6.45, 7) is 2.84. The molecule has 80 valence electrons. The van der Waals surface area contributed by atoms with Gasteiger partial charge in [0.1, 0.15) is 11.0 Å². The van der Waals surface area contributed by atoms with Gasteiger partial charge in [-0.15, -0.1) is 0 Å². The Labute approximate surface area is 92.0 Å². The summed E-state index contributed by atoms with van der Waals surface area (Å²) in [5.74, 6) is 0.796. The molecular formula is C9H10ClN3O2. The van der Waals surface area contributed by atoms with Crippen LogP contribution in [0.5, 0.6) is 0 Å². The number of hydrogen-bond donors (Lipinski definition) is 0. The number of rotatable bonds is 2. The molecule has 1 saturated heterocycles. The van der Waals surface area contributed by atoms with Crippen LogP contribution >= 0.6 is 11.6 Å². The molecule has 0 N–H and O–H groups in total. The van der Waals surface area contributed by atoms with E-state index in [1.54, 1.807) is 6.07 Å². The van der Waals surface area contributed by atoms with E-state index in [1.807, 2.05) is 4.90 Å². The highest BCUT2D eigenvalue weighted by molar-refractivity contribution is 6.29. The van der Waals surface area contributed by atoms with Gasteiger partial charge in [0.25, 0.3) is 0 Å². The Morgan fingerprint density at radius 1 is 1.40 bits per heavy atom. The molecule has 6 heteroatoms. The molecule has 2 heterocycles. The predicted molar refractivity (Wildman–Crippen MR) is 55.5 cm³/mol. The summed E-state index contributed by atoms with van der Waals surface area (Å²) in [6.07, 6.45) is 0.593. The molecule has 15 heavy (non-hydrogen) atoms. The van der Waals surface area contributed by atoms with Crippen molar-refractivity contribution in [2.75, 3.05) is 31.2 Å². The lowest BCUT2D eigenvalue weighted by atomic mass is 10.4. The molecular weight excluding hydrogens is 218 g/mol. The van der Waals surface area contributed by atoms with E-state index in [0.717, 1.165) is 13.1 Å². The molecule has 0 spiro atoms. The lowest BCUT2D eigenvalue weighted by Gasteiger charge is -2.27. The first-order chi connectivity index (χ1) is 7.29. The summed E-state index contributed by atoms with van der Waals surface area (Å²) in [7, 11) is 0. The quantitative estimate of drug-likeness (QED) is 0.552. The molecule has 1 aliphatic rings. The monoisotopic (exact) mass is 227 g/mol. The summed E-state index contributed by atoms with van der Waals surface area (Å²) < 4.78 is 5.22. The topological polar surface area (TPSA) is 55.3 Å². The van der Waals surface area contributed by atoms with E-state index in [0.29, 0.717) is 25.3 Å². The minimum absolute atomic E-state index is 0.115. The molecule has 0 aromatic carbocycles. The smallest absolute Gasteiger partial charge is 0.196 e. The predicted octanol–water partition coefficient (Wildman–Crippen LogP) is 0.779. The van der Waals surface area contributed by atoms with Gasteiger partial charge in [-0.1, -0.05) is 11.6 Å². The molecule has 0 bridgehead atoms. The van der Waals surface area contributed by atoms with Gasteiger partial charge in [0.2, 0.25) is 0 Å². The zero-order valence-corrected chi connectivity index (χ0v) is 8.78. The zero-order chi connectivity index (χ0) is 10.7. The van der Waals surface area contributed by atoms with Crippen molar-refractivity contribution in [1.82, 2.24) is 9.97 Å². The lowest BCUT2D eigenvalue weighted by Crippen LogP contribution is -2.36. The van der Waals surface area contributed by atoms with E-state index >= 15 is 0 Å². The molecule has 0 aliphatic carbocycles. The van der Waals surface area contributed by atoms with Crippen molar-refractivity contribution < 1.29 is 9.53 Å². The molecule has 0 saturated carbocycles. The van der Waals surface area contributed by atoms with Gasteiger partial charge in [-0.05, 0) is 0 Å². The maximum absolute atomic E-state index is 10.6. The van der Waals surface area contributed by atoms with Crippen molar-refractivity contribution in [2.45, 2.75) is 0 Å². The first-order valence-corrected chi connectivity index (χ1v) is 5.00. The third-order valence-corrected chi connectivity index (χ3v) is 2.33. The SMILES string of the molecule is O=Cc1nc(Cl)cc(N2CCOCC2)n1. The Bertz CT molecular complexity index is 366. The summed E-state index contributed by atoms with van der Waals surface area (Å²) in [5.41, 5.74) is 0. The van der Waals surface area contributed by atoms with Gasteiger partial charge in [-0.3, -0.25) is 4.79 Å². The summed E-state index contributed by atoms with van der Waals surface area (Å²) in [5, 5.41) is 0.286. The Kier molecular flexibility index (Phi) is 3.13. The Morgan fingerprint density at radius 2 is 2.13 bits per heavy atom. The maximum Gasteiger partial charge on any atom is 0.196 e. The van der Waals surface area contributed by atoms with Gasteiger partial charge in [-0.2, -0.15) is 0 Å². The molecule has 5 nitrogen and oxygen atoms in total. The second kappa shape index (κ2) is 4.55. The molecule has 0 amide bonds. The van der Waals surface area contributed by atoms with Gasteiger partial charge in [0.05, 0.1) is 13.2 Å². The number of hydrogen-bond acceptors (Lipinski definition) is 5. The van der Waals surface area contributed by atoms with Crippen LogP contribution in [-0.2, 0) is 4.74 Å². The van der Waals surface area contributed by atoms with E-state index in [2.05, 4.69) is 9.97 Å². The first-order valence-electron chi connectivity index (χ1n) is 4.62. The zero-order valence-electron chi connectivity index (χ0n) is 8.02. The normalized spacial score (nSPS) is 16.5. The fourth-order valence-corrected chi connectivity index (χ4v) is 1.61. The van der Waals surface area contributed by atoms with Gasteiger partial charge >= 0.3 is 0 Å². The fraction of sp³-hybridized carbons (Fsp3) is 0.444. The molecule has 0 radical (unpaired) electrons. The minimum Gasteiger partial charge on any atom is -0.378 e. The number of aromatic nitrogens is 2. The van der Waals surface area contributed by atoms with Crippen molar-refractivity contribution in [2.24, 2.45) is 0 Å². The maximum atomic E-state index is 10.6. The van der Waals surface area contributed by atoms with E-state index in [-0.39, 0.29) is 11.0 Å². The Morgan fingerprint density at radius 3 is 2.80 bits per heavy atom. The molecule has 1 aromatic rings. The van der Waals surface area contributed by atoms with Crippen molar-refractivity contribution >= 4 is 23.7 Å². The van der Waals surface area contributed by atoms with E-state index in [4.69, 9.17) is 16.3 Å². The third-order valence-electron chi connectivity index (χ3n) is 2.14. The number of anilines is 1. The lowest BCUT2D eigenvalue weighted by molar-refractivity contribution is 0.111. The highest BCUT2D eigenvalue weighted by atomic mass is 35.5. The van der Waals surface area contributed by atoms with Crippen LogP contribution in [0.15, 0.2) is 6.07 Å². The summed E-state index contributed by atoms with van der Waals surface area (Å²) in [4.78, 5) is 20.4. The fourth-order valence-electron chi connectivity index (χ4n) is 1.43. The van der Waals surface area contributed by atoms with Crippen LogP contribution in [0.25, 0.3) is 0 Å². The molecule has 2 rings (SSSR count). The standard InChI is InChI=1S/C9H10ClN3O2/c10-7-5-9(12-8(6-14)11-7)13-1-3-15-4-2-13/h5-6H,1-4H2. The molecule has 1 aliphatic heterocycles. The van der Waals surface area contributed by atoms with Crippen molar-refractivity contribution in [3.63, 3.8) is 0 Å². The number of aldehydes is 1. The average Bonchev–Trinajstić information content (AvgIpc) is 2.29. The van der Waals surface area contributed by atoms with Gasteiger partial charge in [0, 0.05) is 19.2 Å². The highest BCUT2D eigenvalue weighted by Gasteiger charge is 2.14. The van der Waals surface area contributed by atoms with Crippen LogP contribution in [-0.4, -0.2) is 42.6 Å². The number of carbonyl (C=O) groups excluding carboxylic acids is 1. The highest BCUT2D eigenvalue weighted by Crippen LogP contribution is 2.16. The largest absolute Gasteiger partial charge is 0.378 e. The van der Waals surface area contributed by atoms with E-state index in [9.17, 15) is 4.79 Å². The summed E-state index contributed by atoms with van der Waals surface area (Å²) >= 11 is 5.78. The number of ether oxygens (including phenoxy) is 1. The molecule has 0 atom stereocenters. The minimum atomic E-state index is 0.115. The second-order valence-electron chi connectivity index (χ2n) is 3.12. The number of nitrogens with zero attached hydrogens (tertiary/aromatic N) is 3. The first kappa shape index (κ1) is 10.3. The van der Waals surface area contributed by atoms with Crippen LogP contribution in [0, 0.1) is 0 Å². The van der Waals surface area contributed by atoms with Crippen LogP contribution in [0.4, 0.5) is 5.82 Å². The second-order valence-corrected chi connectivity index (χ2v) is 3.51.